The summed E-state index contributed by atoms with van der Waals surface area (Å²) < 4.78 is 5.13. The molecule has 0 saturated heterocycles. The average Bonchev–Trinajstić information content (AvgIpc) is 3.03. The van der Waals surface area contributed by atoms with Crippen molar-refractivity contribution in [3.8, 4) is 16.3 Å². The van der Waals surface area contributed by atoms with Crippen LogP contribution < -0.4 is 10.1 Å². The Morgan fingerprint density at radius 1 is 1.12 bits per heavy atom. The average molecular weight is 338 g/mol. The van der Waals surface area contributed by atoms with Gasteiger partial charge in [0.1, 0.15) is 15.6 Å². The second-order valence-electron chi connectivity index (χ2n) is 5.33. The molecule has 0 spiro atoms. The van der Waals surface area contributed by atoms with E-state index in [0.717, 1.165) is 27.6 Å². The lowest BCUT2D eigenvalue weighted by Crippen LogP contribution is -2.22. The summed E-state index contributed by atoms with van der Waals surface area (Å²) in [5.41, 5.74) is 2.81. The highest BCUT2D eigenvalue weighted by Gasteiger charge is 2.15. The number of rotatable bonds is 5. The first-order valence-electron chi connectivity index (χ1n) is 7.61. The van der Waals surface area contributed by atoms with Gasteiger partial charge < -0.3 is 10.1 Å². The number of aryl methyl sites for hydroxylation is 1. The quantitative estimate of drug-likeness (QED) is 0.763. The number of benzene rings is 2. The summed E-state index contributed by atoms with van der Waals surface area (Å²) in [6.07, 6.45) is 0. The Balaban J connectivity index is 1.69. The van der Waals surface area contributed by atoms with Gasteiger partial charge in [-0.15, -0.1) is 11.3 Å². The van der Waals surface area contributed by atoms with Gasteiger partial charge in [0.05, 0.1) is 12.8 Å². The van der Waals surface area contributed by atoms with E-state index < -0.39 is 0 Å². The second-order valence-corrected chi connectivity index (χ2v) is 6.33. The van der Waals surface area contributed by atoms with Crippen molar-refractivity contribution in [2.75, 3.05) is 7.11 Å². The number of nitrogens with zero attached hydrogens (tertiary/aromatic N) is 1. The Morgan fingerprint density at radius 3 is 2.50 bits per heavy atom. The second kappa shape index (κ2) is 7.27. The molecule has 0 atom stereocenters. The summed E-state index contributed by atoms with van der Waals surface area (Å²) >= 11 is 1.42. The smallest absolute Gasteiger partial charge is 0.263 e. The number of methoxy groups -OCH3 is 1. The Bertz CT molecular complexity index is 826. The number of hydrogen-bond donors (Lipinski definition) is 1. The summed E-state index contributed by atoms with van der Waals surface area (Å²) in [5.74, 6) is 0.707. The molecular formula is C19H18N2O2S. The van der Waals surface area contributed by atoms with Crippen molar-refractivity contribution in [3.05, 3.63) is 70.7 Å². The van der Waals surface area contributed by atoms with E-state index in [0.29, 0.717) is 11.4 Å². The maximum Gasteiger partial charge on any atom is 0.263 e. The number of nitrogens with one attached hydrogen (secondary N) is 1. The molecular weight excluding hydrogens is 320 g/mol. The van der Waals surface area contributed by atoms with Gasteiger partial charge in [0.25, 0.3) is 5.91 Å². The summed E-state index contributed by atoms with van der Waals surface area (Å²) in [4.78, 5) is 17.6. The minimum absolute atomic E-state index is 0.0944. The predicted octanol–water partition coefficient (Wildman–Crippen LogP) is 4.06. The summed E-state index contributed by atoms with van der Waals surface area (Å²) in [6, 6.07) is 17.5. The highest BCUT2D eigenvalue weighted by Crippen LogP contribution is 2.27. The van der Waals surface area contributed by atoms with Crippen molar-refractivity contribution in [3.63, 3.8) is 0 Å². The van der Waals surface area contributed by atoms with Gasteiger partial charge in [-0.3, -0.25) is 4.79 Å². The molecule has 2 aromatic carbocycles. The monoisotopic (exact) mass is 338 g/mol. The molecule has 1 aromatic heterocycles. The van der Waals surface area contributed by atoms with Crippen LogP contribution in [-0.4, -0.2) is 18.0 Å². The molecule has 122 valence electrons. The van der Waals surface area contributed by atoms with Gasteiger partial charge in [0.15, 0.2) is 0 Å². The third-order valence-corrected chi connectivity index (χ3v) is 4.84. The van der Waals surface area contributed by atoms with Crippen molar-refractivity contribution >= 4 is 17.2 Å². The minimum Gasteiger partial charge on any atom is -0.497 e. The van der Waals surface area contributed by atoms with Crippen LogP contribution in [0.1, 0.15) is 20.9 Å². The molecule has 0 aliphatic carbocycles. The van der Waals surface area contributed by atoms with Gasteiger partial charge in [0.2, 0.25) is 0 Å². The van der Waals surface area contributed by atoms with E-state index >= 15 is 0 Å². The number of thiazole rings is 1. The van der Waals surface area contributed by atoms with Crippen molar-refractivity contribution in [1.82, 2.24) is 10.3 Å². The highest BCUT2D eigenvalue weighted by molar-refractivity contribution is 7.17. The van der Waals surface area contributed by atoms with Gasteiger partial charge >= 0.3 is 0 Å². The van der Waals surface area contributed by atoms with Crippen LogP contribution in [0.5, 0.6) is 5.75 Å². The molecule has 3 rings (SSSR count). The Kier molecular flexibility index (Phi) is 4.91. The molecule has 1 N–H and O–H groups in total. The molecule has 5 heteroatoms. The molecule has 1 heterocycles. The van der Waals surface area contributed by atoms with E-state index in [-0.39, 0.29) is 5.91 Å². The van der Waals surface area contributed by atoms with Crippen LogP contribution >= 0.6 is 11.3 Å². The fourth-order valence-electron chi connectivity index (χ4n) is 2.32. The number of ether oxygens (including phenoxy) is 1. The van der Waals surface area contributed by atoms with Gasteiger partial charge in [-0.05, 0) is 24.6 Å². The molecule has 3 aromatic rings. The number of carbonyl (C=O) groups is 1. The fourth-order valence-corrected chi connectivity index (χ4v) is 3.31. The van der Waals surface area contributed by atoms with Crippen LogP contribution in [0, 0.1) is 6.92 Å². The van der Waals surface area contributed by atoms with E-state index in [1.54, 1.807) is 7.11 Å². The first kappa shape index (κ1) is 16.2. The van der Waals surface area contributed by atoms with Crippen molar-refractivity contribution < 1.29 is 9.53 Å². The lowest BCUT2D eigenvalue weighted by molar-refractivity contribution is 0.0954. The van der Waals surface area contributed by atoms with Crippen LogP contribution in [0.25, 0.3) is 10.6 Å². The fraction of sp³-hybridized carbons (Fsp3) is 0.158. The molecule has 24 heavy (non-hydrogen) atoms. The van der Waals surface area contributed by atoms with E-state index in [9.17, 15) is 4.79 Å². The summed E-state index contributed by atoms with van der Waals surface area (Å²) in [5, 5.41) is 3.81. The largest absolute Gasteiger partial charge is 0.497 e. The van der Waals surface area contributed by atoms with E-state index in [2.05, 4.69) is 10.3 Å². The summed E-state index contributed by atoms with van der Waals surface area (Å²) in [6.45, 7) is 2.34. The molecule has 0 aliphatic rings. The first-order valence-corrected chi connectivity index (χ1v) is 8.43. The normalized spacial score (nSPS) is 10.4. The Morgan fingerprint density at radius 2 is 1.83 bits per heavy atom. The van der Waals surface area contributed by atoms with Gasteiger partial charge in [-0.1, -0.05) is 42.5 Å². The standard InChI is InChI=1S/C19H18N2O2S/c1-13-17(24-19(21-13)15-6-4-3-5-7-15)18(22)20-12-14-8-10-16(23-2)11-9-14/h3-11H,12H2,1-2H3,(H,20,22). The van der Waals surface area contributed by atoms with Crippen LogP contribution in [-0.2, 0) is 6.54 Å². The molecule has 0 fully saturated rings. The molecule has 4 nitrogen and oxygen atoms in total. The van der Waals surface area contributed by atoms with Gasteiger partial charge in [-0.25, -0.2) is 4.98 Å². The summed E-state index contributed by atoms with van der Waals surface area (Å²) in [7, 11) is 1.63. The minimum atomic E-state index is -0.0944. The van der Waals surface area contributed by atoms with E-state index in [1.807, 2.05) is 61.5 Å². The third kappa shape index (κ3) is 3.63. The van der Waals surface area contributed by atoms with Crippen molar-refractivity contribution in [2.45, 2.75) is 13.5 Å². The highest BCUT2D eigenvalue weighted by atomic mass is 32.1. The maximum atomic E-state index is 12.4. The van der Waals surface area contributed by atoms with Crippen molar-refractivity contribution in [2.24, 2.45) is 0 Å². The SMILES string of the molecule is COc1ccc(CNC(=O)c2sc(-c3ccccc3)nc2C)cc1. The number of carbonyl (C=O) groups excluding carboxylic acids is 1. The number of aromatic nitrogens is 1. The molecule has 0 aliphatic heterocycles. The van der Waals surface area contributed by atoms with Crippen LogP contribution in [0.4, 0.5) is 0 Å². The molecule has 0 radical (unpaired) electrons. The Hall–Kier alpha value is -2.66. The zero-order chi connectivity index (χ0) is 16.9. The van der Waals surface area contributed by atoms with Crippen LogP contribution in [0.3, 0.4) is 0 Å². The predicted molar refractivity (Wildman–Crippen MR) is 96.5 cm³/mol. The van der Waals surface area contributed by atoms with Gasteiger partial charge in [-0.2, -0.15) is 0 Å². The van der Waals surface area contributed by atoms with Crippen LogP contribution in [0.15, 0.2) is 54.6 Å². The topological polar surface area (TPSA) is 51.2 Å². The van der Waals surface area contributed by atoms with Crippen LogP contribution in [0.2, 0.25) is 0 Å². The first-order chi connectivity index (χ1) is 11.7. The molecule has 0 unspecified atom stereocenters. The lowest BCUT2D eigenvalue weighted by Gasteiger charge is -2.05. The number of amides is 1. The maximum absolute atomic E-state index is 12.4. The zero-order valence-corrected chi connectivity index (χ0v) is 14.4. The lowest BCUT2D eigenvalue weighted by atomic mass is 10.2. The zero-order valence-electron chi connectivity index (χ0n) is 13.6. The van der Waals surface area contributed by atoms with Crippen molar-refractivity contribution in [1.29, 1.82) is 0 Å². The third-order valence-electron chi connectivity index (χ3n) is 3.64. The Labute approximate surface area is 145 Å². The molecule has 0 saturated carbocycles. The van der Waals surface area contributed by atoms with E-state index in [4.69, 9.17) is 4.74 Å². The van der Waals surface area contributed by atoms with Gasteiger partial charge in [0, 0.05) is 12.1 Å². The van der Waals surface area contributed by atoms with E-state index in [1.165, 1.54) is 11.3 Å². The number of hydrogen-bond acceptors (Lipinski definition) is 4. The molecule has 0 bridgehead atoms. The molecule has 1 amide bonds.